The number of carbonyl (C=O) groups is 1. The van der Waals surface area contributed by atoms with Gasteiger partial charge in [-0.05, 0) is 6.92 Å². The van der Waals surface area contributed by atoms with Gasteiger partial charge >= 0.3 is 12.1 Å². The molecule has 0 aromatic carbocycles. The van der Waals surface area contributed by atoms with Gasteiger partial charge in [0.1, 0.15) is 6.04 Å². The maximum atomic E-state index is 14.8. The minimum Gasteiger partial charge on any atom is -0.480 e. The summed E-state index contributed by atoms with van der Waals surface area (Å²) < 4.78 is 61.0. The van der Waals surface area contributed by atoms with Crippen molar-refractivity contribution < 1.29 is 37.3 Å². The average molecular weight is 419 g/mol. The van der Waals surface area contributed by atoms with Crippen molar-refractivity contribution in [1.82, 2.24) is 19.5 Å². The first-order chi connectivity index (χ1) is 13.6. The van der Waals surface area contributed by atoms with Crippen LogP contribution in [0.5, 0.6) is 0 Å². The Morgan fingerprint density at radius 1 is 1.48 bits per heavy atom. The molecule has 0 bridgehead atoms. The number of rotatable bonds is 6. The van der Waals surface area contributed by atoms with E-state index in [0.29, 0.717) is 0 Å². The van der Waals surface area contributed by atoms with Crippen molar-refractivity contribution in [2.75, 3.05) is 11.9 Å². The molecule has 29 heavy (non-hydrogen) atoms. The first kappa shape index (κ1) is 20.9. The van der Waals surface area contributed by atoms with Crippen LogP contribution in [0.1, 0.15) is 19.0 Å². The van der Waals surface area contributed by atoms with Crippen LogP contribution < -0.4 is 5.32 Å². The van der Waals surface area contributed by atoms with Crippen molar-refractivity contribution in [3.63, 3.8) is 0 Å². The Hall–Kier alpha value is -2.80. The third-order valence-electron chi connectivity index (χ3n) is 4.51. The Morgan fingerprint density at radius 3 is 2.69 bits per heavy atom. The van der Waals surface area contributed by atoms with E-state index in [1.807, 2.05) is 0 Å². The second-order valence-electron chi connectivity index (χ2n) is 6.43. The fraction of sp³-hybridized carbons (Fsp3) is 0.500. The summed E-state index contributed by atoms with van der Waals surface area (Å²) in [6.07, 6.45) is -6.77. The summed E-state index contributed by atoms with van der Waals surface area (Å²) in [6.45, 7) is 4.17. The Labute approximate surface area is 161 Å². The number of nitrogens with one attached hydrogen (secondary N) is 1. The zero-order chi connectivity index (χ0) is 21.5. The van der Waals surface area contributed by atoms with E-state index in [9.17, 15) is 27.5 Å². The van der Waals surface area contributed by atoms with Crippen molar-refractivity contribution in [3.8, 4) is 0 Å². The van der Waals surface area contributed by atoms with Gasteiger partial charge in [0.2, 0.25) is 5.82 Å². The number of carboxylic acids is 1. The lowest BCUT2D eigenvalue weighted by Gasteiger charge is -2.17. The zero-order valence-corrected chi connectivity index (χ0v) is 15.0. The summed E-state index contributed by atoms with van der Waals surface area (Å²) in [5.41, 5.74) is -0.592. The standard InChI is InChI=1S/C16H17F4N5O4/c1-3-7-8(4-26)29-13(9(7)17)25-5-21-10-11(22-6(2)14(27)28)23-15(16(18,19)20)24-12(10)25/h3,5-9,13,26H,1,4H2,2H3,(H,27,28)(H,22,23,24)/t6?,7-,8-,9+,13-/m1/s1. The second-order valence-corrected chi connectivity index (χ2v) is 6.43. The number of anilines is 1. The Kier molecular flexibility index (Phi) is 5.45. The molecule has 3 rings (SSSR count). The van der Waals surface area contributed by atoms with Crippen LogP contribution in [0, 0.1) is 5.92 Å². The molecule has 2 aromatic rings. The average Bonchev–Trinajstić information content (AvgIpc) is 3.21. The topological polar surface area (TPSA) is 122 Å². The number of alkyl halides is 4. The molecule has 3 N–H and O–H groups in total. The number of aliphatic hydroxyl groups excluding tert-OH is 1. The molecule has 0 amide bonds. The third kappa shape index (κ3) is 3.74. The molecule has 3 heterocycles. The van der Waals surface area contributed by atoms with Crippen molar-refractivity contribution in [3.05, 3.63) is 24.8 Å². The van der Waals surface area contributed by atoms with Crippen LogP contribution in [-0.4, -0.2) is 60.6 Å². The number of aliphatic hydroxyl groups is 1. The molecule has 0 radical (unpaired) electrons. The highest BCUT2D eigenvalue weighted by Crippen LogP contribution is 2.39. The minimum atomic E-state index is -4.95. The summed E-state index contributed by atoms with van der Waals surface area (Å²) in [5.74, 6) is -4.24. The van der Waals surface area contributed by atoms with Crippen LogP contribution in [0.2, 0.25) is 0 Å². The van der Waals surface area contributed by atoms with Crippen molar-refractivity contribution in [2.24, 2.45) is 5.92 Å². The molecule has 13 heteroatoms. The van der Waals surface area contributed by atoms with E-state index in [4.69, 9.17) is 9.84 Å². The molecule has 9 nitrogen and oxygen atoms in total. The lowest BCUT2D eigenvalue weighted by molar-refractivity contribution is -0.144. The lowest BCUT2D eigenvalue weighted by atomic mass is 10.00. The number of halogens is 4. The first-order valence-electron chi connectivity index (χ1n) is 8.42. The number of aromatic nitrogens is 4. The SMILES string of the molecule is C=C[C@H]1[C@H](F)[C@H](n2cnc3c(NC(C)C(=O)O)nc(C(F)(F)F)nc32)O[C@@H]1CO. The number of hydrogen-bond donors (Lipinski definition) is 3. The largest absolute Gasteiger partial charge is 0.480 e. The summed E-state index contributed by atoms with van der Waals surface area (Å²) in [5, 5.41) is 20.7. The molecular formula is C16H17F4N5O4. The van der Waals surface area contributed by atoms with Gasteiger partial charge in [0, 0.05) is 5.92 Å². The van der Waals surface area contributed by atoms with Crippen LogP contribution in [0.4, 0.5) is 23.4 Å². The molecule has 0 spiro atoms. The van der Waals surface area contributed by atoms with Gasteiger partial charge in [-0.1, -0.05) is 6.08 Å². The third-order valence-corrected chi connectivity index (χ3v) is 4.51. The number of hydrogen-bond acceptors (Lipinski definition) is 7. The summed E-state index contributed by atoms with van der Waals surface area (Å²) in [7, 11) is 0. The summed E-state index contributed by atoms with van der Waals surface area (Å²) >= 11 is 0. The van der Waals surface area contributed by atoms with E-state index in [-0.39, 0.29) is 5.52 Å². The quantitative estimate of drug-likeness (QED) is 0.478. The van der Waals surface area contributed by atoms with Crippen molar-refractivity contribution in [2.45, 2.75) is 37.6 Å². The molecule has 1 fully saturated rings. The molecule has 1 saturated heterocycles. The molecule has 0 saturated carbocycles. The monoisotopic (exact) mass is 419 g/mol. The molecule has 2 aromatic heterocycles. The zero-order valence-electron chi connectivity index (χ0n) is 15.0. The van der Waals surface area contributed by atoms with Crippen molar-refractivity contribution in [1.29, 1.82) is 0 Å². The summed E-state index contributed by atoms with van der Waals surface area (Å²) in [4.78, 5) is 21.8. The molecule has 5 atom stereocenters. The highest BCUT2D eigenvalue weighted by atomic mass is 19.4. The van der Waals surface area contributed by atoms with E-state index < -0.39 is 66.5 Å². The van der Waals surface area contributed by atoms with Gasteiger partial charge in [0.25, 0.3) is 0 Å². The predicted octanol–water partition coefficient (Wildman–Crippen LogP) is 1.76. The Balaban J connectivity index is 2.13. The molecule has 1 aliphatic rings. The molecule has 1 unspecified atom stereocenters. The second kappa shape index (κ2) is 7.55. The van der Waals surface area contributed by atoms with Gasteiger partial charge in [0.05, 0.1) is 19.0 Å². The minimum absolute atomic E-state index is 0.190. The molecule has 1 aliphatic heterocycles. The number of carboxylic acid groups (broad SMARTS) is 1. The molecule has 158 valence electrons. The molecular weight excluding hydrogens is 402 g/mol. The number of imidazole rings is 1. The lowest BCUT2D eigenvalue weighted by Crippen LogP contribution is -2.27. The Bertz CT molecular complexity index is 934. The van der Waals surface area contributed by atoms with Crippen LogP contribution in [0.15, 0.2) is 19.0 Å². The van der Waals surface area contributed by atoms with Crippen LogP contribution in [0.3, 0.4) is 0 Å². The van der Waals surface area contributed by atoms with Gasteiger partial charge in [0.15, 0.2) is 29.4 Å². The van der Waals surface area contributed by atoms with Crippen LogP contribution >= 0.6 is 0 Å². The van der Waals surface area contributed by atoms with E-state index in [2.05, 4.69) is 26.8 Å². The number of aliphatic carboxylic acids is 1. The van der Waals surface area contributed by atoms with E-state index in [0.717, 1.165) is 10.9 Å². The maximum Gasteiger partial charge on any atom is 0.451 e. The highest BCUT2D eigenvalue weighted by Gasteiger charge is 2.45. The molecule has 0 aliphatic carbocycles. The van der Waals surface area contributed by atoms with Gasteiger partial charge in [-0.3, -0.25) is 9.36 Å². The first-order valence-corrected chi connectivity index (χ1v) is 8.42. The number of nitrogens with zero attached hydrogens (tertiary/aromatic N) is 4. The van der Waals surface area contributed by atoms with Gasteiger partial charge in [-0.25, -0.2) is 19.3 Å². The fourth-order valence-corrected chi connectivity index (χ4v) is 3.00. The smallest absolute Gasteiger partial charge is 0.451 e. The van der Waals surface area contributed by atoms with E-state index in [1.165, 1.54) is 13.0 Å². The maximum absolute atomic E-state index is 14.8. The van der Waals surface area contributed by atoms with E-state index in [1.54, 1.807) is 0 Å². The summed E-state index contributed by atoms with van der Waals surface area (Å²) in [6, 6.07) is -1.28. The van der Waals surface area contributed by atoms with Gasteiger partial charge in [-0.15, -0.1) is 6.58 Å². The van der Waals surface area contributed by atoms with Crippen molar-refractivity contribution >= 4 is 23.0 Å². The van der Waals surface area contributed by atoms with Crippen LogP contribution in [-0.2, 0) is 15.7 Å². The highest BCUT2D eigenvalue weighted by molar-refractivity contribution is 5.86. The fourth-order valence-electron chi connectivity index (χ4n) is 3.00. The van der Waals surface area contributed by atoms with Gasteiger partial charge in [-0.2, -0.15) is 13.2 Å². The number of fused-ring (bicyclic) bond motifs is 1. The normalized spacial score (nSPS) is 25.9. The van der Waals surface area contributed by atoms with Gasteiger partial charge < -0.3 is 20.3 Å². The Morgan fingerprint density at radius 2 is 2.17 bits per heavy atom. The van der Waals surface area contributed by atoms with E-state index >= 15 is 0 Å². The van der Waals surface area contributed by atoms with Crippen LogP contribution in [0.25, 0.3) is 11.2 Å². The number of ether oxygens (including phenoxy) is 1. The predicted molar refractivity (Wildman–Crippen MR) is 90.6 cm³/mol.